The lowest BCUT2D eigenvalue weighted by Gasteiger charge is -2.09. The van der Waals surface area contributed by atoms with Gasteiger partial charge >= 0.3 is 0 Å². The molecule has 0 radical (unpaired) electrons. The van der Waals surface area contributed by atoms with Crippen LogP contribution in [0.3, 0.4) is 0 Å². The highest BCUT2D eigenvalue weighted by molar-refractivity contribution is 7.94. The molecule has 0 spiro atoms. The maximum absolute atomic E-state index is 8.58. The molecule has 1 unspecified atom stereocenters. The molecule has 0 rings (SSSR count). The minimum absolute atomic E-state index is 0.0259. The van der Waals surface area contributed by atoms with Crippen LogP contribution in [0.1, 0.15) is 0 Å². The first-order valence-corrected chi connectivity index (χ1v) is 4.50. The molecule has 0 heterocycles. The van der Waals surface area contributed by atoms with Gasteiger partial charge in [-0.25, -0.2) is 0 Å². The minimum atomic E-state index is -0.222. The topological polar surface area (TPSA) is 49.7 Å². The van der Waals surface area contributed by atoms with Gasteiger partial charge in [-0.05, 0) is 12.0 Å². The summed E-state index contributed by atoms with van der Waals surface area (Å²) in [5.41, 5.74) is 0. The number of thiol groups is 1. The molecule has 0 fully saturated rings. The fraction of sp³-hybridized carbons (Fsp3) is 1.00. The minimum Gasteiger partial charge on any atom is -0.395 e. The molecular weight excluding hydrogens is 172 g/mol. The lowest BCUT2D eigenvalue weighted by atomic mass is 10.4. The first kappa shape index (κ1) is 10.6. The fourth-order valence-electron chi connectivity index (χ4n) is 0.300. The molecule has 0 aliphatic carbocycles. The Kier molecular flexibility index (Phi) is 8.13. The molecule has 2 N–H and O–H groups in total. The maximum atomic E-state index is 8.58. The van der Waals surface area contributed by atoms with Crippen LogP contribution >= 0.6 is 24.7 Å². The molecule has 0 aliphatic heterocycles. The summed E-state index contributed by atoms with van der Waals surface area (Å²) in [6.07, 6.45) is -0.222. The summed E-state index contributed by atoms with van der Waals surface area (Å²) in [6, 6.07) is 0. The van der Waals surface area contributed by atoms with Crippen molar-refractivity contribution in [2.75, 3.05) is 24.7 Å². The van der Waals surface area contributed by atoms with Gasteiger partial charge in [0.15, 0.2) is 0 Å². The molecule has 0 aromatic carbocycles. The van der Waals surface area contributed by atoms with Crippen LogP contribution in [0.4, 0.5) is 0 Å². The van der Waals surface area contributed by atoms with E-state index >= 15 is 0 Å². The van der Waals surface area contributed by atoms with E-state index in [1.165, 1.54) is 0 Å². The van der Waals surface area contributed by atoms with Crippen LogP contribution in [0.2, 0.25) is 0 Å². The number of rotatable bonds is 6. The summed E-state index contributed by atoms with van der Waals surface area (Å²) < 4.78 is 5.01. The van der Waals surface area contributed by atoms with E-state index in [4.69, 9.17) is 14.4 Å². The van der Waals surface area contributed by atoms with Crippen LogP contribution in [0.25, 0.3) is 0 Å². The second-order valence-corrected chi connectivity index (χ2v) is 2.83. The monoisotopic (exact) mass is 184 g/mol. The predicted octanol–water partition coefficient (Wildman–Crippen LogP) is -0.0658. The summed E-state index contributed by atoms with van der Waals surface area (Å²) in [6.45, 7) is 0.0668. The Morgan fingerprint density at radius 3 is 2.60 bits per heavy atom. The van der Waals surface area contributed by atoms with Crippen LogP contribution in [0.5, 0.6) is 0 Å². The van der Waals surface area contributed by atoms with E-state index in [1.54, 1.807) is 0 Å². The first-order chi connectivity index (χ1) is 4.85. The number of aliphatic hydroxyl groups is 2. The second-order valence-electron chi connectivity index (χ2n) is 1.63. The average Bonchev–Trinajstić information content (AvgIpc) is 1.99. The van der Waals surface area contributed by atoms with Crippen molar-refractivity contribution in [1.29, 1.82) is 0 Å². The van der Waals surface area contributed by atoms with Crippen molar-refractivity contribution in [2.24, 2.45) is 0 Å². The molecule has 62 valence electrons. The smallest absolute Gasteiger partial charge is 0.104 e. The Hall–Kier alpha value is 0.580. The summed E-state index contributed by atoms with van der Waals surface area (Å²) in [5.74, 6) is 1.03. The van der Waals surface area contributed by atoms with Crippen LogP contribution in [-0.4, -0.2) is 41.0 Å². The third-order valence-electron chi connectivity index (χ3n) is 0.786. The van der Waals surface area contributed by atoms with Gasteiger partial charge in [0.1, 0.15) is 6.10 Å². The zero-order valence-corrected chi connectivity index (χ0v) is 7.27. The van der Waals surface area contributed by atoms with Gasteiger partial charge in [0.05, 0.1) is 13.2 Å². The molecule has 0 saturated heterocycles. The second kappa shape index (κ2) is 7.68. The van der Waals surface area contributed by atoms with Crippen molar-refractivity contribution in [3.8, 4) is 0 Å². The fourth-order valence-corrected chi connectivity index (χ4v) is 1.08. The van der Waals surface area contributed by atoms with Gasteiger partial charge in [-0.1, -0.05) is 0 Å². The van der Waals surface area contributed by atoms with E-state index in [0.717, 1.165) is 12.0 Å². The number of aliphatic hydroxyl groups excluding tert-OH is 2. The van der Waals surface area contributed by atoms with Crippen LogP contribution in [0, 0.1) is 0 Å². The summed E-state index contributed by atoms with van der Waals surface area (Å²) >= 11 is 5.09. The van der Waals surface area contributed by atoms with Gasteiger partial charge in [0, 0.05) is 11.5 Å². The third-order valence-corrected chi connectivity index (χ3v) is 1.95. The van der Waals surface area contributed by atoms with Crippen molar-refractivity contribution < 1.29 is 14.4 Å². The molecule has 0 bridgehead atoms. The van der Waals surface area contributed by atoms with E-state index in [0.29, 0.717) is 11.5 Å². The molecule has 0 aliphatic rings. The summed E-state index contributed by atoms with van der Waals surface area (Å²) in [7, 11) is 0. The quantitative estimate of drug-likeness (QED) is 0.307. The van der Waals surface area contributed by atoms with Crippen molar-refractivity contribution in [2.45, 2.75) is 6.10 Å². The Balaban J connectivity index is 3.09. The van der Waals surface area contributed by atoms with Crippen molar-refractivity contribution in [1.82, 2.24) is 0 Å². The Bertz CT molecular complexity index is 67.9. The molecule has 0 aromatic rings. The van der Waals surface area contributed by atoms with E-state index in [9.17, 15) is 0 Å². The number of hydrogen-bond donors (Lipinski definition) is 3. The van der Waals surface area contributed by atoms with E-state index in [-0.39, 0.29) is 19.3 Å². The molecule has 0 amide bonds. The van der Waals surface area contributed by atoms with Crippen LogP contribution in [-0.2, 0) is 4.18 Å². The van der Waals surface area contributed by atoms with Crippen molar-refractivity contribution in [3.05, 3.63) is 0 Å². The zero-order chi connectivity index (χ0) is 7.82. The van der Waals surface area contributed by atoms with Crippen LogP contribution in [0.15, 0.2) is 0 Å². The SMILES string of the molecule is OCCSOC(CO)CS. The lowest BCUT2D eigenvalue weighted by molar-refractivity contribution is 0.153. The number of hydrogen-bond acceptors (Lipinski definition) is 5. The normalized spacial score (nSPS) is 13.5. The highest BCUT2D eigenvalue weighted by Crippen LogP contribution is 2.07. The highest BCUT2D eigenvalue weighted by atomic mass is 32.2. The molecule has 10 heavy (non-hydrogen) atoms. The Morgan fingerprint density at radius 1 is 1.50 bits per heavy atom. The molecule has 0 aromatic heterocycles. The largest absolute Gasteiger partial charge is 0.395 e. The molecule has 0 saturated carbocycles. The molecular formula is C5H12O3S2. The molecule has 3 nitrogen and oxygen atoms in total. The summed E-state index contributed by atoms with van der Waals surface area (Å²) in [5, 5.41) is 16.9. The molecule has 1 atom stereocenters. The zero-order valence-electron chi connectivity index (χ0n) is 5.56. The van der Waals surface area contributed by atoms with Crippen molar-refractivity contribution >= 4 is 24.7 Å². The van der Waals surface area contributed by atoms with E-state index in [1.807, 2.05) is 0 Å². The van der Waals surface area contributed by atoms with Gasteiger partial charge in [-0.3, -0.25) is 0 Å². The summed E-state index contributed by atoms with van der Waals surface area (Å²) in [4.78, 5) is 0. The van der Waals surface area contributed by atoms with Crippen molar-refractivity contribution in [3.63, 3.8) is 0 Å². The van der Waals surface area contributed by atoms with E-state index in [2.05, 4.69) is 12.6 Å². The standard InChI is InChI=1S/C5H12O3S2/c6-1-2-10-8-5(3-7)4-9/h5-7,9H,1-4H2. The third kappa shape index (κ3) is 5.37. The van der Waals surface area contributed by atoms with Gasteiger partial charge in [0.25, 0.3) is 0 Å². The van der Waals surface area contributed by atoms with E-state index < -0.39 is 0 Å². The first-order valence-electron chi connectivity index (χ1n) is 2.96. The molecule has 5 heteroatoms. The van der Waals surface area contributed by atoms with Gasteiger partial charge < -0.3 is 14.4 Å². The van der Waals surface area contributed by atoms with Crippen LogP contribution < -0.4 is 0 Å². The van der Waals surface area contributed by atoms with Gasteiger partial charge in [-0.2, -0.15) is 12.6 Å². The Labute approximate surface area is 70.4 Å². The average molecular weight is 184 g/mol. The van der Waals surface area contributed by atoms with Gasteiger partial charge in [0.2, 0.25) is 0 Å². The Morgan fingerprint density at radius 2 is 2.20 bits per heavy atom. The lowest BCUT2D eigenvalue weighted by Crippen LogP contribution is -2.16. The predicted molar refractivity (Wildman–Crippen MR) is 45.4 cm³/mol. The van der Waals surface area contributed by atoms with Gasteiger partial charge in [-0.15, -0.1) is 0 Å². The highest BCUT2D eigenvalue weighted by Gasteiger charge is 2.04. The maximum Gasteiger partial charge on any atom is 0.104 e.